The molecule has 0 saturated heterocycles. The van der Waals surface area contributed by atoms with E-state index in [1.54, 1.807) is 12.4 Å². The standard InChI is InChI=1S/C20H28N6O/c1-20(2,3)26-19(27)13-10-23-18-17(13)25-15(11-24-18)16(21)12-8-6-5-7-9-14(12)22-4/h10-11,21-22H,5-9H2,1-4H3,(H,23,24)(H,26,27). The van der Waals surface area contributed by atoms with Crippen LogP contribution >= 0.6 is 0 Å². The Morgan fingerprint density at radius 2 is 1.96 bits per heavy atom. The topological polar surface area (TPSA) is 107 Å². The van der Waals surface area contributed by atoms with Gasteiger partial charge in [0, 0.05) is 24.5 Å². The van der Waals surface area contributed by atoms with E-state index in [4.69, 9.17) is 5.41 Å². The molecule has 0 aliphatic heterocycles. The fraction of sp³-hybridized carbons (Fsp3) is 0.500. The summed E-state index contributed by atoms with van der Waals surface area (Å²) >= 11 is 0. The lowest BCUT2D eigenvalue weighted by atomic mass is 10.0. The molecule has 0 unspecified atom stereocenters. The number of allylic oxidation sites excluding steroid dienone is 2. The van der Waals surface area contributed by atoms with Crippen LogP contribution in [0.15, 0.2) is 23.7 Å². The average Bonchev–Trinajstić information content (AvgIpc) is 2.88. The number of nitrogens with zero attached hydrogens (tertiary/aromatic N) is 2. The second-order valence-corrected chi connectivity index (χ2v) is 8.00. The summed E-state index contributed by atoms with van der Waals surface area (Å²) in [5.74, 6) is -0.198. The summed E-state index contributed by atoms with van der Waals surface area (Å²) in [5, 5.41) is 14.9. The molecular formula is C20H28N6O. The second kappa shape index (κ2) is 7.50. The Morgan fingerprint density at radius 3 is 2.67 bits per heavy atom. The van der Waals surface area contributed by atoms with E-state index < -0.39 is 0 Å². The number of hydrogen-bond donors (Lipinski definition) is 4. The number of nitrogens with one attached hydrogen (secondary N) is 4. The average molecular weight is 368 g/mol. The molecule has 0 radical (unpaired) electrons. The maximum Gasteiger partial charge on any atom is 0.255 e. The highest BCUT2D eigenvalue weighted by Crippen LogP contribution is 2.25. The van der Waals surface area contributed by atoms with Gasteiger partial charge in [0.2, 0.25) is 0 Å². The minimum atomic E-state index is -0.342. The van der Waals surface area contributed by atoms with Gasteiger partial charge in [-0.15, -0.1) is 0 Å². The van der Waals surface area contributed by atoms with E-state index in [0.717, 1.165) is 37.0 Å². The molecular weight excluding hydrogens is 340 g/mol. The van der Waals surface area contributed by atoms with Crippen LogP contribution in [0.3, 0.4) is 0 Å². The number of amides is 1. The van der Waals surface area contributed by atoms with E-state index in [1.165, 1.54) is 6.42 Å². The van der Waals surface area contributed by atoms with E-state index in [-0.39, 0.29) is 11.4 Å². The van der Waals surface area contributed by atoms with E-state index in [1.807, 2.05) is 27.8 Å². The van der Waals surface area contributed by atoms with Gasteiger partial charge in [0.25, 0.3) is 5.91 Å². The van der Waals surface area contributed by atoms with Gasteiger partial charge < -0.3 is 15.6 Å². The Morgan fingerprint density at radius 1 is 1.22 bits per heavy atom. The van der Waals surface area contributed by atoms with Crippen molar-refractivity contribution in [2.45, 2.75) is 58.4 Å². The number of hydrogen-bond acceptors (Lipinski definition) is 5. The SMILES string of the molecule is CNC1=C(C(=N)c2cnc3[nH]cc(C(=O)NC(C)(C)C)c3n2)CCCCC1. The summed E-state index contributed by atoms with van der Waals surface area (Å²) < 4.78 is 0. The van der Waals surface area contributed by atoms with Gasteiger partial charge in [-0.05, 0) is 52.0 Å². The molecule has 7 heteroatoms. The lowest BCUT2D eigenvalue weighted by molar-refractivity contribution is 0.0921. The first-order valence-electron chi connectivity index (χ1n) is 9.46. The molecule has 0 atom stereocenters. The molecule has 27 heavy (non-hydrogen) atoms. The van der Waals surface area contributed by atoms with Crippen molar-refractivity contribution in [1.29, 1.82) is 5.41 Å². The highest BCUT2D eigenvalue weighted by Gasteiger charge is 2.22. The van der Waals surface area contributed by atoms with Crippen LogP contribution < -0.4 is 10.6 Å². The number of fused-ring (bicyclic) bond motifs is 1. The molecule has 0 fully saturated rings. The maximum absolute atomic E-state index is 12.6. The summed E-state index contributed by atoms with van der Waals surface area (Å²) in [5.41, 5.74) is 4.15. The Hall–Kier alpha value is -2.70. The molecule has 2 aromatic rings. The van der Waals surface area contributed by atoms with Gasteiger partial charge in [-0.3, -0.25) is 10.2 Å². The maximum atomic E-state index is 12.6. The first-order valence-corrected chi connectivity index (χ1v) is 9.46. The highest BCUT2D eigenvalue weighted by atomic mass is 16.1. The number of aromatic nitrogens is 3. The predicted octanol–water partition coefficient (Wildman–Crippen LogP) is 3.29. The minimum Gasteiger partial charge on any atom is -0.391 e. The lowest BCUT2D eigenvalue weighted by Crippen LogP contribution is -2.40. The van der Waals surface area contributed by atoms with Crippen LogP contribution in [-0.4, -0.2) is 39.2 Å². The fourth-order valence-corrected chi connectivity index (χ4v) is 3.38. The smallest absolute Gasteiger partial charge is 0.255 e. The molecule has 1 amide bonds. The van der Waals surface area contributed by atoms with Crippen LogP contribution in [0.5, 0.6) is 0 Å². The first-order chi connectivity index (χ1) is 12.8. The molecule has 3 rings (SSSR count). The van der Waals surface area contributed by atoms with E-state index in [9.17, 15) is 4.79 Å². The van der Waals surface area contributed by atoms with Crippen LogP contribution in [0.25, 0.3) is 11.2 Å². The molecule has 1 aliphatic rings. The zero-order valence-corrected chi connectivity index (χ0v) is 16.5. The third-order valence-electron chi connectivity index (χ3n) is 4.69. The molecule has 0 saturated carbocycles. The molecule has 2 aromatic heterocycles. The summed E-state index contributed by atoms with van der Waals surface area (Å²) in [6.45, 7) is 5.80. The number of H-pyrrole nitrogens is 1. The number of aromatic amines is 1. The van der Waals surface area contributed by atoms with Gasteiger partial charge in [-0.2, -0.15) is 0 Å². The summed E-state index contributed by atoms with van der Waals surface area (Å²) in [6.07, 6.45) is 8.42. The van der Waals surface area contributed by atoms with Crippen molar-refractivity contribution in [1.82, 2.24) is 25.6 Å². The number of rotatable bonds is 4. The Balaban J connectivity index is 1.98. The second-order valence-electron chi connectivity index (χ2n) is 8.00. The molecule has 1 aliphatic carbocycles. The van der Waals surface area contributed by atoms with Crippen molar-refractivity contribution >= 4 is 22.8 Å². The predicted molar refractivity (Wildman–Crippen MR) is 107 cm³/mol. The fourth-order valence-electron chi connectivity index (χ4n) is 3.38. The zero-order valence-electron chi connectivity index (χ0n) is 16.5. The van der Waals surface area contributed by atoms with Gasteiger partial charge in [0.15, 0.2) is 5.65 Å². The summed E-state index contributed by atoms with van der Waals surface area (Å²) in [4.78, 5) is 24.6. The molecule has 0 bridgehead atoms. The van der Waals surface area contributed by atoms with Crippen molar-refractivity contribution in [2.24, 2.45) is 0 Å². The van der Waals surface area contributed by atoms with E-state index in [2.05, 4.69) is 25.6 Å². The zero-order chi connectivity index (χ0) is 19.6. The quantitative estimate of drug-likeness (QED) is 0.621. The lowest BCUT2D eigenvalue weighted by Gasteiger charge is -2.20. The monoisotopic (exact) mass is 368 g/mol. The largest absolute Gasteiger partial charge is 0.391 e. The summed E-state index contributed by atoms with van der Waals surface area (Å²) in [6, 6.07) is 0. The van der Waals surface area contributed by atoms with Gasteiger partial charge in [0.05, 0.1) is 17.5 Å². The first kappa shape index (κ1) is 19.1. The Bertz CT molecular complexity index is 903. The summed E-state index contributed by atoms with van der Waals surface area (Å²) in [7, 11) is 1.91. The van der Waals surface area contributed by atoms with Crippen LogP contribution in [0.4, 0.5) is 0 Å². The molecule has 4 N–H and O–H groups in total. The van der Waals surface area contributed by atoms with Crippen LogP contribution in [0, 0.1) is 5.41 Å². The molecule has 0 aromatic carbocycles. The molecule has 7 nitrogen and oxygen atoms in total. The van der Waals surface area contributed by atoms with Gasteiger partial charge in [-0.1, -0.05) is 6.42 Å². The van der Waals surface area contributed by atoms with Crippen molar-refractivity contribution in [3.8, 4) is 0 Å². The Kier molecular flexibility index (Phi) is 5.30. The third-order valence-corrected chi connectivity index (χ3v) is 4.69. The molecule has 0 spiro atoms. The number of carbonyl (C=O) groups is 1. The minimum absolute atomic E-state index is 0.198. The van der Waals surface area contributed by atoms with Crippen molar-refractivity contribution in [3.05, 3.63) is 34.9 Å². The van der Waals surface area contributed by atoms with E-state index >= 15 is 0 Å². The van der Waals surface area contributed by atoms with Crippen LogP contribution in [0.2, 0.25) is 0 Å². The van der Waals surface area contributed by atoms with Gasteiger partial charge in [-0.25, -0.2) is 9.97 Å². The van der Waals surface area contributed by atoms with Gasteiger partial charge in [0.1, 0.15) is 11.2 Å². The molecule has 144 valence electrons. The Labute approximate surface area is 159 Å². The number of carbonyl (C=O) groups excluding carboxylic acids is 1. The molecule has 2 heterocycles. The highest BCUT2D eigenvalue weighted by molar-refractivity contribution is 6.11. The van der Waals surface area contributed by atoms with Crippen molar-refractivity contribution < 1.29 is 4.79 Å². The van der Waals surface area contributed by atoms with Crippen molar-refractivity contribution in [3.63, 3.8) is 0 Å². The van der Waals surface area contributed by atoms with E-state index in [0.29, 0.717) is 28.1 Å². The van der Waals surface area contributed by atoms with Gasteiger partial charge >= 0.3 is 0 Å². The van der Waals surface area contributed by atoms with Crippen molar-refractivity contribution in [2.75, 3.05) is 7.05 Å². The third kappa shape index (κ3) is 4.18. The normalized spacial score (nSPS) is 15.6. The van der Waals surface area contributed by atoms with Crippen LogP contribution in [0.1, 0.15) is 68.9 Å². The van der Waals surface area contributed by atoms with Crippen LogP contribution in [-0.2, 0) is 0 Å².